The molecule has 66 valence electrons. The van der Waals surface area contributed by atoms with Crippen molar-refractivity contribution < 1.29 is 0 Å². The molecule has 11 heavy (non-hydrogen) atoms. The van der Waals surface area contributed by atoms with Gasteiger partial charge in [-0.2, -0.15) is 0 Å². The molecular weight excluding hydrogens is 136 g/mol. The van der Waals surface area contributed by atoms with Crippen molar-refractivity contribution in [2.75, 3.05) is 13.1 Å². The van der Waals surface area contributed by atoms with Gasteiger partial charge in [0, 0.05) is 18.6 Å². The second kappa shape index (κ2) is 4.07. The molecule has 2 nitrogen and oxygen atoms in total. The molecule has 0 aromatic carbocycles. The Kier molecular flexibility index (Phi) is 3.34. The van der Waals surface area contributed by atoms with Gasteiger partial charge in [-0.05, 0) is 32.7 Å². The Bertz CT molecular complexity index is 114. The van der Waals surface area contributed by atoms with E-state index in [9.17, 15) is 0 Å². The summed E-state index contributed by atoms with van der Waals surface area (Å²) in [5.41, 5.74) is 5.88. The van der Waals surface area contributed by atoms with E-state index in [2.05, 4.69) is 18.7 Å². The van der Waals surface area contributed by atoms with Crippen molar-refractivity contribution in [2.24, 2.45) is 5.73 Å². The molecule has 1 aliphatic rings. The topological polar surface area (TPSA) is 29.3 Å². The van der Waals surface area contributed by atoms with Crippen molar-refractivity contribution in [3.8, 4) is 0 Å². The van der Waals surface area contributed by atoms with Crippen LogP contribution in [0, 0.1) is 0 Å². The van der Waals surface area contributed by atoms with Gasteiger partial charge in [0.05, 0.1) is 0 Å². The first-order valence-electron chi connectivity index (χ1n) is 4.73. The van der Waals surface area contributed by atoms with Crippen molar-refractivity contribution >= 4 is 0 Å². The lowest BCUT2D eigenvalue weighted by Crippen LogP contribution is -2.46. The van der Waals surface area contributed by atoms with E-state index in [0.29, 0.717) is 6.04 Å². The first kappa shape index (κ1) is 9.01. The Morgan fingerprint density at radius 2 is 2.36 bits per heavy atom. The molecule has 1 aliphatic heterocycles. The lowest BCUT2D eigenvalue weighted by molar-refractivity contribution is 0.155. The zero-order valence-electron chi connectivity index (χ0n) is 7.71. The lowest BCUT2D eigenvalue weighted by atomic mass is 10.0. The van der Waals surface area contributed by atoms with Crippen molar-refractivity contribution in [1.29, 1.82) is 0 Å². The molecule has 2 unspecified atom stereocenters. The molecule has 0 aromatic rings. The maximum atomic E-state index is 5.88. The summed E-state index contributed by atoms with van der Waals surface area (Å²) in [5, 5.41) is 0. The molecule has 1 saturated heterocycles. The van der Waals surface area contributed by atoms with Gasteiger partial charge in [-0.25, -0.2) is 0 Å². The van der Waals surface area contributed by atoms with Crippen LogP contribution in [0.25, 0.3) is 0 Å². The first-order valence-corrected chi connectivity index (χ1v) is 4.73. The monoisotopic (exact) mass is 156 g/mol. The SMILES string of the molecule is CCC(C)N1CCCC(N)C1. The largest absolute Gasteiger partial charge is 0.327 e. The van der Waals surface area contributed by atoms with Crippen LogP contribution in [-0.4, -0.2) is 30.1 Å². The van der Waals surface area contributed by atoms with Gasteiger partial charge in [0.1, 0.15) is 0 Å². The molecule has 1 heterocycles. The third-order valence-corrected chi connectivity index (χ3v) is 2.70. The molecule has 0 radical (unpaired) electrons. The molecule has 1 rings (SSSR count). The van der Waals surface area contributed by atoms with Gasteiger partial charge in [0.25, 0.3) is 0 Å². The fraction of sp³-hybridized carbons (Fsp3) is 1.00. The minimum atomic E-state index is 0.428. The molecule has 0 amide bonds. The molecule has 1 fully saturated rings. The van der Waals surface area contributed by atoms with Crippen LogP contribution in [0.3, 0.4) is 0 Å². The highest BCUT2D eigenvalue weighted by molar-refractivity contribution is 4.77. The van der Waals surface area contributed by atoms with E-state index in [1.807, 2.05) is 0 Å². The standard InChI is InChI=1S/C9H20N2/c1-3-8(2)11-6-4-5-9(10)7-11/h8-9H,3-7,10H2,1-2H3. The number of hydrogen-bond acceptors (Lipinski definition) is 2. The number of hydrogen-bond donors (Lipinski definition) is 1. The fourth-order valence-corrected chi connectivity index (χ4v) is 1.70. The summed E-state index contributed by atoms with van der Waals surface area (Å²) in [7, 11) is 0. The van der Waals surface area contributed by atoms with Gasteiger partial charge in [0.2, 0.25) is 0 Å². The summed E-state index contributed by atoms with van der Waals surface area (Å²) >= 11 is 0. The lowest BCUT2D eigenvalue weighted by Gasteiger charge is -2.34. The van der Waals surface area contributed by atoms with Crippen LogP contribution in [-0.2, 0) is 0 Å². The predicted molar refractivity (Wildman–Crippen MR) is 48.5 cm³/mol. The van der Waals surface area contributed by atoms with Gasteiger partial charge in [-0.15, -0.1) is 0 Å². The van der Waals surface area contributed by atoms with Gasteiger partial charge >= 0.3 is 0 Å². The average molecular weight is 156 g/mol. The second-order valence-electron chi connectivity index (χ2n) is 3.65. The molecule has 0 spiro atoms. The highest BCUT2D eigenvalue weighted by Gasteiger charge is 2.19. The molecule has 0 saturated carbocycles. The molecule has 0 aromatic heterocycles. The summed E-state index contributed by atoms with van der Waals surface area (Å²) in [4.78, 5) is 2.51. The smallest absolute Gasteiger partial charge is 0.0168 e. The Hall–Kier alpha value is -0.0800. The van der Waals surface area contributed by atoms with E-state index >= 15 is 0 Å². The summed E-state index contributed by atoms with van der Waals surface area (Å²) in [6, 6.07) is 1.15. The maximum absolute atomic E-state index is 5.88. The average Bonchev–Trinajstić information content (AvgIpc) is 2.03. The fourth-order valence-electron chi connectivity index (χ4n) is 1.70. The van der Waals surface area contributed by atoms with Crippen LogP contribution in [0.2, 0.25) is 0 Å². The highest BCUT2D eigenvalue weighted by atomic mass is 15.2. The third kappa shape index (κ3) is 2.46. The van der Waals surface area contributed by atoms with Gasteiger partial charge in [-0.1, -0.05) is 6.92 Å². The molecule has 2 atom stereocenters. The van der Waals surface area contributed by atoms with Crippen LogP contribution in [0.1, 0.15) is 33.1 Å². The van der Waals surface area contributed by atoms with Crippen LogP contribution in [0.5, 0.6) is 0 Å². The van der Waals surface area contributed by atoms with Gasteiger partial charge < -0.3 is 5.73 Å². The quantitative estimate of drug-likeness (QED) is 0.651. The van der Waals surface area contributed by atoms with Crippen LogP contribution in [0.15, 0.2) is 0 Å². The number of nitrogens with two attached hydrogens (primary N) is 1. The number of nitrogens with zero attached hydrogens (tertiary/aromatic N) is 1. The van der Waals surface area contributed by atoms with Crippen molar-refractivity contribution in [1.82, 2.24) is 4.90 Å². The Morgan fingerprint density at radius 1 is 1.64 bits per heavy atom. The minimum Gasteiger partial charge on any atom is -0.327 e. The zero-order chi connectivity index (χ0) is 8.27. The number of likely N-dealkylation sites (tertiary alicyclic amines) is 1. The summed E-state index contributed by atoms with van der Waals surface area (Å²) in [6.07, 6.45) is 3.74. The normalized spacial score (nSPS) is 30.3. The van der Waals surface area contributed by atoms with Gasteiger partial charge in [0.15, 0.2) is 0 Å². The molecule has 0 aliphatic carbocycles. The maximum Gasteiger partial charge on any atom is 0.0168 e. The Balaban J connectivity index is 2.33. The van der Waals surface area contributed by atoms with Crippen LogP contribution in [0.4, 0.5) is 0 Å². The Labute approximate surface area is 69.8 Å². The second-order valence-corrected chi connectivity index (χ2v) is 3.65. The van der Waals surface area contributed by atoms with Crippen molar-refractivity contribution in [3.05, 3.63) is 0 Å². The Morgan fingerprint density at radius 3 is 2.91 bits per heavy atom. The van der Waals surface area contributed by atoms with Crippen LogP contribution >= 0.6 is 0 Å². The minimum absolute atomic E-state index is 0.428. The van der Waals surface area contributed by atoms with E-state index in [-0.39, 0.29) is 0 Å². The van der Waals surface area contributed by atoms with E-state index in [1.165, 1.54) is 25.8 Å². The van der Waals surface area contributed by atoms with E-state index in [1.54, 1.807) is 0 Å². The zero-order valence-corrected chi connectivity index (χ0v) is 7.71. The van der Waals surface area contributed by atoms with E-state index in [0.717, 1.165) is 12.6 Å². The number of piperidine rings is 1. The van der Waals surface area contributed by atoms with E-state index < -0.39 is 0 Å². The third-order valence-electron chi connectivity index (χ3n) is 2.70. The first-order chi connectivity index (χ1) is 5.24. The molecule has 0 bridgehead atoms. The summed E-state index contributed by atoms with van der Waals surface area (Å²) in [5.74, 6) is 0. The van der Waals surface area contributed by atoms with E-state index in [4.69, 9.17) is 5.73 Å². The highest BCUT2D eigenvalue weighted by Crippen LogP contribution is 2.12. The molecular formula is C9H20N2. The van der Waals surface area contributed by atoms with Crippen molar-refractivity contribution in [2.45, 2.75) is 45.2 Å². The summed E-state index contributed by atoms with van der Waals surface area (Å²) < 4.78 is 0. The molecule has 2 N–H and O–H groups in total. The van der Waals surface area contributed by atoms with Crippen LogP contribution < -0.4 is 5.73 Å². The predicted octanol–water partition coefficient (Wildman–Crippen LogP) is 1.21. The number of rotatable bonds is 2. The summed E-state index contributed by atoms with van der Waals surface area (Å²) in [6.45, 7) is 6.89. The molecule has 2 heteroatoms. The van der Waals surface area contributed by atoms with Crippen molar-refractivity contribution in [3.63, 3.8) is 0 Å². The van der Waals surface area contributed by atoms with Gasteiger partial charge in [-0.3, -0.25) is 4.90 Å².